The van der Waals surface area contributed by atoms with Crippen LogP contribution in [0, 0.1) is 11.3 Å². The normalized spacial score (nSPS) is 16.2. The Bertz CT molecular complexity index is 1120. The number of rotatable bonds is 3. The lowest BCUT2D eigenvalue weighted by atomic mass is 9.88. The van der Waals surface area contributed by atoms with E-state index >= 15 is 0 Å². The van der Waals surface area contributed by atoms with Crippen molar-refractivity contribution in [3.8, 4) is 0 Å². The van der Waals surface area contributed by atoms with Gasteiger partial charge in [0.2, 0.25) is 5.91 Å². The molecule has 0 unspecified atom stereocenters. The molecule has 3 aromatic rings. The molecule has 4 rings (SSSR count). The van der Waals surface area contributed by atoms with Crippen LogP contribution in [0.25, 0.3) is 10.8 Å². The largest absolute Gasteiger partial charge is 0.321 e. The van der Waals surface area contributed by atoms with Crippen molar-refractivity contribution in [2.45, 2.75) is 47.0 Å². The Morgan fingerprint density at radius 3 is 2.53 bits per heavy atom. The summed E-state index contributed by atoms with van der Waals surface area (Å²) in [6.07, 6.45) is 2.89. The highest BCUT2D eigenvalue weighted by Gasteiger charge is 2.30. The van der Waals surface area contributed by atoms with E-state index in [0.717, 1.165) is 41.3 Å². The van der Waals surface area contributed by atoms with Gasteiger partial charge in [-0.05, 0) is 42.2 Å². The van der Waals surface area contributed by atoms with Crippen LogP contribution < -0.4 is 10.6 Å². The van der Waals surface area contributed by atoms with Gasteiger partial charge in [0.25, 0.3) is 5.91 Å². The summed E-state index contributed by atoms with van der Waals surface area (Å²) in [5.74, 6) is 0.368. The Hall–Kier alpha value is -2.66. The monoisotopic (exact) mass is 420 g/mol. The van der Waals surface area contributed by atoms with Crippen molar-refractivity contribution in [2.75, 3.05) is 10.6 Å². The number of hydrogen-bond donors (Lipinski definition) is 2. The Morgan fingerprint density at radius 2 is 1.77 bits per heavy atom. The van der Waals surface area contributed by atoms with Gasteiger partial charge in [-0.15, -0.1) is 11.3 Å². The second kappa shape index (κ2) is 7.88. The first-order chi connectivity index (χ1) is 14.2. The van der Waals surface area contributed by atoms with Crippen LogP contribution in [-0.2, 0) is 17.6 Å². The van der Waals surface area contributed by atoms with Crippen molar-refractivity contribution in [3.63, 3.8) is 0 Å². The molecule has 0 fully saturated rings. The summed E-state index contributed by atoms with van der Waals surface area (Å²) in [5, 5.41) is 8.92. The zero-order valence-corrected chi connectivity index (χ0v) is 18.8. The molecule has 5 heteroatoms. The molecule has 0 saturated carbocycles. The fourth-order valence-corrected chi connectivity index (χ4v) is 5.29. The third-order valence-corrected chi connectivity index (χ3v) is 6.85. The first-order valence-electron chi connectivity index (χ1n) is 10.5. The van der Waals surface area contributed by atoms with Gasteiger partial charge in [-0.1, -0.05) is 64.1 Å². The van der Waals surface area contributed by atoms with Crippen molar-refractivity contribution in [1.82, 2.24) is 0 Å². The molecule has 1 aliphatic rings. The average Bonchev–Trinajstić information content (AvgIpc) is 3.04. The molecule has 1 heterocycles. The Kier molecular flexibility index (Phi) is 5.41. The fraction of sp³-hybridized carbons (Fsp3) is 0.360. The molecule has 0 radical (unpaired) electrons. The second-order valence-electron chi connectivity index (χ2n) is 9.24. The van der Waals surface area contributed by atoms with E-state index in [1.165, 1.54) is 4.88 Å². The van der Waals surface area contributed by atoms with E-state index in [-0.39, 0.29) is 11.8 Å². The standard InChI is InChI=1S/C25H28N2O2S/c1-15-12-13-18-20(14-15)30-23(27-24(29)25(2,3)4)21(18)22(28)26-19-11-7-9-16-8-5-6-10-17(16)19/h5-11,15H,12-14H2,1-4H3,(H,26,28)(H,27,29)/t15-/m0/s1. The van der Waals surface area contributed by atoms with Gasteiger partial charge in [-0.25, -0.2) is 0 Å². The van der Waals surface area contributed by atoms with Crippen LogP contribution in [0.3, 0.4) is 0 Å². The van der Waals surface area contributed by atoms with Crippen molar-refractivity contribution in [3.05, 3.63) is 58.5 Å². The number of amides is 2. The van der Waals surface area contributed by atoms with Gasteiger partial charge in [-0.2, -0.15) is 0 Å². The maximum atomic E-state index is 13.5. The van der Waals surface area contributed by atoms with Gasteiger partial charge < -0.3 is 10.6 Å². The number of fused-ring (bicyclic) bond motifs is 2. The minimum Gasteiger partial charge on any atom is -0.321 e. The van der Waals surface area contributed by atoms with Gasteiger partial charge >= 0.3 is 0 Å². The Labute approximate surface area is 181 Å². The minimum absolute atomic E-state index is 0.0756. The van der Waals surface area contributed by atoms with E-state index in [0.29, 0.717) is 16.5 Å². The summed E-state index contributed by atoms with van der Waals surface area (Å²) < 4.78 is 0. The Morgan fingerprint density at radius 1 is 1.03 bits per heavy atom. The van der Waals surface area contributed by atoms with Gasteiger partial charge in [-0.3, -0.25) is 9.59 Å². The molecular weight excluding hydrogens is 392 g/mol. The van der Waals surface area contributed by atoms with Crippen LogP contribution in [-0.4, -0.2) is 11.8 Å². The topological polar surface area (TPSA) is 58.2 Å². The zero-order valence-electron chi connectivity index (χ0n) is 18.0. The van der Waals surface area contributed by atoms with Crippen LogP contribution in [0.4, 0.5) is 10.7 Å². The van der Waals surface area contributed by atoms with Gasteiger partial charge in [0.05, 0.1) is 5.56 Å². The van der Waals surface area contributed by atoms with E-state index in [2.05, 4.69) is 17.6 Å². The predicted molar refractivity (Wildman–Crippen MR) is 125 cm³/mol. The first-order valence-corrected chi connectivity index (χ1v) is 11.3. The van der Waals surface area contributed by atoms with Crippen LogP contribution in [0.1, 0.15) is 54.9 Å². The molecule has 1 atom stereocenters. The van der Waals surface area contributed by atoms with Crippen LogP contribution in [0.15, 0.2) is 42.5 Å². The molecule has 2 aromatic carbocycles. The minimum atomic E-state index is -0.527. The molecule has 0 spiro atoms. The number of thiophene rings is 1. The summed E-state index contributed by atoms with van der Waals surface area (Å²) in [5.41, 5.74) is 1.99. The highest BCUT2D eigenvalue weighted by molar-refractivity contribution is 7.17. The smallest absolute Gasteiger partial charge is 0.258 e. The number of hydrogen-bond acceptors (Lipinski definition) is 3. The van der Waals surface area contributed by atoms with Crippen molar-refractivity contribution < 1.29 is 9.59 Å². The van der Waals surface area contributed by atoms with E-state index in [4.69, 9.17) is 0 Å². The lowest BCUT2D eigenvalue weighted by Gasteiger charge is -2.19. The maximum absolute atomic E-state index is 13.5. The number of benzene rings is 2. The number of carbonyl (C=O) groups excluding carboxylic acids is 2. The zero-order chi connectivity index (χ0) is 21.5. The molecule has 1 aliphatic carbocycles. The highest BCUT2D eigenvalue weighted by atomic mass is 32.1. The summed E-state index contributed by atoms with van der Waals surface area (Å²) in [4.78, 5) is 27.4. The van der Waals surface area contributed by atoms with Gasteiger partial charge in [0.15, 0.2) is 0 Å². The molecule has 30 heavy (non-hydrogen) atoms. The number of nitrogens with one attached hydrogen (secondary N) is 2. The quantitative estimate of drug-likeness (QED) is 0.525. The van der Waals surface area contributed by atoms with Crippen LogP contribution >= 0.6 is 11.3 Å². The van der Waals surface area contributed by atoms with E-state index in [9.17, 15) is 9.59 Å². The SMILES string of the molecule is C[C@H]1CCc2c(sc(NC(=O)C(C)(C)C)c2C(=O)Nc2cccc3ccccc23)C1. The van der Waals surface area contributed by atoms with Crippen molar-refractivity contribution in [2.24, 2.45) is 11.3 Å². The Balaban J connectivity index is 1.73. The van der Waals surface area contributed by atoms with Gasteiger partial charge in [0, 0.05) is 21.4 Å². The molecule has 0 bridgehead atoms. The summed E-state index contributed by atoms with van der Waals surface area (Å²) in [6, 6.07) is 13.9. The molecule has 1 aromatic heterocycles. The predicted octanol–water partition coefficient (Wildman–Crippen LogP) is 6.26. The fourth-order valence-electron chi connectivity index (χ4n) is 3.89. The summed E-state index contributed by atoms with van der Waals surface area (Å²) >= 11 is 1.56. The number of carbonyl (C=O) groups is 2. The molecule has 0 aliphatic heterocycles. The molecule has 2 N–H and O–H groups in total. The maximum Gasteiger partial charge on any atom is 0.258 e. The van der Waals surface area contributed by atoms with Crippen molar-refractivity contribution in [1.29, 1.82) is 0 Å². The summed E-state index contributed by atoms with van der Waals surface area (Å²) in [7, 11) is 0. The highest BCUT2D eigenvalue weighted by Crippen LogP contribution is 2.40. The molecular formula is C25H28N2O2S. The lowest BCUT2D eigenvalue weighted by Crippen LogP contribution is -2.28. The molecule has 156 valence electrons. The van der Waals surface area contributed by atoms with E-state index < -0.39 is 5.41 Å². The third-order valence-electron chi connectivity index (χ3n) is 5.68. The lowest BCUT2D eigenvalue weighted by molar-refractivity contribution is -0.123. The molecule has 4 nitrogen and oxygen atoms in total. The second-order valence-corrected chi connectivity index (χ2v) is 10.3. The number of anilines is 2. The van der Waals surface area contributed by atoms with E-state index in [1.54, 1.807) is 11.3 Å². The van der Waals surface area contributed by atoms with E-state index in [1.807, 2.05) is 63.2 Å². The molecule has 2 amide bonds. The van der Waals surface area contributed by atoms with Crippen LogP contribution in [0.5, 0.6) is 0 Å². The third kappa shape index (κ3) is 3.99. The van der Waals surface area contributed by atoms with Crippen molar-refractivity contribution >= 4 is 44.6 Å². The average molecular weight is 421 g/mol. The summed E-state index contributed by atoms with van der Waals surface area (Å²) in [6.45, 7) is 7.89. The first kappa shape index (κ1) is 20.6. The van der Waals surface area contributed by atoms with Crippen LogP contribution in [0.2, 0.25) is 0 Å². The van der Waals surface area contributed by atoms with Gasteiger partial charge in [0.1, 0.15) is 5.00 Å². The molecule has 0 saturated heterocycles.